The van der Waals surface area contributed by atoms with Gasteiger partial charge in [-0.3, -0.25) is 0 Å². The molecule has 1 aromatic rings. The topological polar surface area (TPSA) is 62.5 Å². The van der Waals surface area contributed by atoms with Crippen molar-refractivity contribution in [3.05, 3.63) is 24.0 Å². The first-order valence-corrected chi connectivity index (χ1v) is 3.15. The first-order chi connectivity index (χ1) is 5.13. The van der Waals surface area contributed by atoms with Gasteiger partial charge in [-0.2, -0.15) is 0 Å². The van der Waals surface area contributed by atoms with E-state index < -0.39 is 12.1 Å². The summed E-state index contributed by atoms with van der Waals surface area (Å²) >= 11 is 0. The van der Waals surface area contributed by atoms with E-state index in [2.05, 4.69) is 0 Å². The summed E-state index contributed by atoms with van der Waals surface area (Å²) in [7, 11) is 1.68. The number of carboxylic acid groups (broad SMARTS) is 1. The first-order valence-electron chi connectivity index (χ1n) is 3.15. The Kier molecular flexibility index (Phi) is 1.96. The maximum Gasteiger partial charge on any atom is 0.338 e. The van der Waals surface area contributed by atoms with Crippen LogP contribution < -0.4 is 0 Å². The van der Waals surface area contributed by atoms with Gasteiger partial charge in [0.25, 0.3) is 0 Å². The van der Waals surface area contributed by atoms with E-state index in [-0.39, 0.29) is 0 Å². The fraction of sp³-hybridized carbons (Fsp3) is 0.286. The fourth-order valence-corrected chi connectivity index (χ4v) is 0.885. The fourth-order valence-electron chi connectivity index (χ4n) is 0.885. The Bertz CT molecular complexity index is 266. The Morgan fingerprint density at radius 3 is 2.73 bits per heavy atom. The second-order valence-corrected chi connectivity index (χ2v) is 2.28. The summed E-state index contributed by atoms with van der Waals surface area (Å²) in [5.74, 6) is -1.23. The highest BCUT2D eigenvalue weighted by atomic mass is 16.4. The van der Waals surface area contributed by atoms with E-state index in [1.165, 1.54) is 0 Å². The summed E-state index contributed by atoms with van der Waals surface area (Å²) in [6.45, 7) is 0. The highest BCUT2D eigenvalue weighted by Gasteiger charge is 2.17. The van der Waals surface area contributed by atoms with Gasteiger partial charge in [0.15, 0.2) is 6.10 Å². The van der Waals surface area contributed by atoms with Crippen molar-refractivity contribution in [2.75, 3.05) is 0 Å². The van der Waals surface area contributed by atoms with E-state index in [0.717, 1.165) is 0 Å². The minimum Gasteiger partial charge on any atom is -0.479 e. The van der Waals surface area contributed by atoms with Crippen LogP contribution in [0, 0.1) is 0 Å². The third-order valence-corrected chi connectivity index (χ3v) is 1.50. The molecule has 0 saturated carbocycles. The van der Waals surface area contributed by atoms with Crippen LogP contribution in [0.2, 0.25) is 0 Å². The van der Waals surface area contributed by atoms with Gasteiger partial charge in [-0.1, -0.05) is 0 Å². The van der Waals surface area contributed by atoms with Gasteiger partial charge in [0.1, 0.15) is 0 Å². The number of aliphatic hydroxyl groups excluding tert-OH is 1. The van der Waals surface area contributed by atoms with E-state index in [1.54, 1.807) is 29.9 Å². The summed E-state index contributed by atoms with van der Waals surface area (Å²) < 4.78 is 1.57. The van der Waals surface area contributed by atoms with Crippen molar-refractivity contribution in [1.29, 1.82) is 0 Å². The molecule has 0 amide bonds. The molecule has 0 aliphatic rings. The lowest BCUT2D eigenvalue weighted by molar-refractivity contribution is -0.147. The van der Waals surface area contributed by atoms with Gasteiger partial charge in [0, 0.05) is 13.2 Å². The number of carboxylic acids is 1. The Morgan fingerprint density at radius 2 is 2.36 bits per heavy atom. The minimum atomic E-state index is -1.42. The van der Waals surface area contributed by atoms with Crippen molar-refractivity contribution < 1.29 is 15.0 Å². The molecule has 0 aliphatic carbocycles. The van der Waals surface area contributed by atoms with Crippen molar-refractivity contribution >= 4 is 5.97 Å². The predicted octanol–water partition coefficient (Wildman–Crippen LogP) is 0.143. The van der Waals surface area contributed by atoms with Crippen molar-refractivity contribution in [2.24, 2.45) is 7.05 Å². The first kappa shape index (κ1) is 7.81. The summed E-state index contributed by atoms with van der Waals surface area (Å²) in [6.07, 6.45) is 0.261. The minimum absolute atomic E-state index is 0.387. The van der Waals surface area contributed by atoms with Crippen molar-refractivity contribution in [3.63, 3.8) is 0 Å². The number of nitrogens with zero attached hydrogens (tertiary/aromatic N) is 1. The Balaban J connectivity index is 2.92. The molecule has 1 atom stereocenters. The average Bonchev–Trinajstić information content (AvgIpc) is 2.33. The number of carbonyl (C=O) groups is 1. The quantitative estimate of drug-likeness (QED) is 0.638. The standard InChI is InChI=1S/C7H9NO3/c1-8-4-2-3-5(8)6(9)7(10)11/h2-4,6,9H,1H3,(H,10,11)/t6-/m0/s1. The molecule has 0 aromatic carbocycles. The number of rotatable bonds is 2. The van der Waals surface area contributed by atoms with Crippen LogP contribution in [0.4, 0.5) is 0 Å². The van der Waals surface area contributed by atoms with Gasteiger partial charge in [-0.15, -0.1) is 0 Å². The number of hydrogen-bond acceptors (Lipinski definition) is 2. The largest absolute Gasteiger partial charge is 0.479 e. The normalized spacial score (nSPS) is 12.9. The Morgan fingerprint density at radius 1 is 1.73 bits per heavy atom. The summed E-state index contributed by atoms with van der Waals surface area (Å²) in [5, 5.41) is 17.5. The molecule has 0 fully saturated rings. The second kappa shape index (κ2) is 2.75. The zero-order valence-electron chi connectivity index (χ0n) is 6.06. The van der Waals surface area contributed by atoms with E-state index in [4.69, 9.17) is 10.2 Å². The molecule has 0 saturated heterocycles. The second-order valence-electron chi connectivity index (χ2n) is 2.28. The summed E-state index contributed by atoms with van der Waals surface area (Å²) in [5.41, 5.74) is 0.387. The lowest BCUT2D eigenvalue weighted by Crippen LogP contribution is -2.13. The number of aryl methyl sites for hydroxylation is 1. The molecule has 4 nitrogen and oxygen atoms in total. The Labute approximate surface area is 63.7 Å². The molecular weight excluding hydrogens is 146 g/mol. The molecule has 2 N–H and O–H groups in total. The zero-order valence-corrected chi connectivity index (χ0v) is 6.06. The summed E-state index contributed by atoms with van der Waals surface area (Å²) in [6, 6.07) is 3.25. The van der Waals surface area contributed by atoms with Crippen LogP contribution in [0.3, 0.4) is 0 Å². The molecular formula is C7H9NO3. The SMILES string of the molecule is Cn1cccc1[C@H](O)C(=O)O. The van der Waals surface area contributed by atoms with Gasteiger partial charge < -0.3 is 14.8 Å². The predicted molar refractivity (Wildman–Crippen MR) is 38.0 cm³/mol. The molecule has 0 unspecified atom stereocenters. The molecule has 4 heteroatoms. The van der Waals surface area contributed by atoms with Crippen molar-refractivity contribution in [3.8, 4) is 0 Å². The molecule has 0 aliphatic heterocycles. The highest BCUT2D eigenvalue weighted by Crippen LogP contribution is 2.11. The molecule has 0 radical (unpaired) electrons. The van der Waals surface area contributed by atoms with E-state index in [0.29, 0.717) is 5.69 Å². The third kappa shape index (κ3) is 1.40. The van der Waals surface area contributed by atoms with Crippen LogP contribution in [-0.2, 0) is 11.8 Å². The monoisotopic (exact) mass is 155 g/mol. The lowest BCUT2D eigenvalue weighted by Gasteiger charge is -2.05. The van der Waals surface area contributed by atoms with Crippen LogP contribution >= 0.6 is 0 Å². The van der Waals surface area contributed by atoms with Gasteiger partial charge >= 0.3 is 5.97 Å². The average molecular weight is 155 g/mol. The molecule has 11 heavy (non-hydrogen) atoms. The highest BCUT2D eigenvalue weighted by molar-refractivity contribution is 5.73. The lowest BCUT2D eigenvalue weighted by atomic mass is 10.2. The van der Waals surface area contributed by atoms with E-state index in [1.807, 2.05) is 0 Å². The van der Waals surface area contributed by atoms with Crippen molar-refractivity contribution in [2.45, 2.75) is 6.10 Å². The molecule has 60 valence electrons. The van der Waals surface area contributed by atoms with Crippen LogP contribution in [0.15, 0.2) is 18.3 Å². The van der Waals surface area contributed by atoms with Crippen LogP contribution in [0.1, 0.15) is 11.8 Å². The Hall–Kier alpha value is -1.29. The molecule has 1 aromatic heterocycles. The zero-order chi connectivity index (χ0) is 8.43. The van der Waals surface area contributed by atoms with Gasteiger partial charge in [-0.25, -0.2) is 4.79 Å². The number of aliphatic carboxylic acids is 1. The number of hydrogen-bond donors (Lipinski definition) is 2. The maximum atomic E-state index is 10.3. The van der Waals surface area contributed by atoms with Gasteiger partial charge in [0.2, 0.25) is 0 Å². The third-order valence-electron chi connectivity index (χ3n) is 1.50. The maximum absolute atomic E-state index is 10.3. The summed E-state index contributed by atoms with van der Waals surface area (Å²) in [4.78, 5) is 10.3. The molecule has 0 bridgehead atoms. The van der Waals surface area contributed by atoms with E-state index in [9.17, 15) is 4.79 Å². The van der Waals surface area contributed by atoms with Crippen LogP contribution in [-0.4, -0.2) is 20.7 Å². The smallest absolute Gasteiger partial charge is 0.338 e. The van der Waals surface area contributed by atoms with Crippen molar-refractivity contribution in [1.82, 2.24) is 4.57 Å². The van der Waals surface area contributed by atoms with Crippen LogP contribution in [0.5, 0.6) is 0 Å². The van der Waals surface area contributed by atoms with Gasteiger partial charge in [0.05, 0.1) is 5.69 Å². The number of aromatic nitrogens is 1. The molecule has 0 spiro atoms. The van der Waals surface area contributed by atoms with E-state index >= 15 is 0 Å². The van der Waals surface area contributed by atoms with Crippen LogP contribution in [0.25, 0.3) is 0 Å². The molecule has 1 heterocycles. The number of aliphatic hydroxyl groups is 1. The van der Waals surface area contributed by atoms with Gasteiger partial charge in [-0.05, 0) is 12.1 Å². The molecule has 1 rings (SSSR count).